The molecule has 4 heteroatoms. The number of hydrogen-bond donors (Lipinski definition) is 0. The number of nitrogens with zero attached hydrogens (tertiary/aromatic N) is 1. The highest BCUT2D eigenvalue weighted by Crippen LogP contribution is 2.27. The maximum absolute atomic E-state index is 11.2. The molecule has 0 spiro atoms. The van der Waals surface area contributed by atoms with Crippen LogP contribution in [0.3, 0.4) is 0 Å². The van der Waals surface area contributed by atoms with E-state index in [1.54, 1.807) is 11.8 Å². The summed E-state index contributed by atoms with van der Waals surface area (Å²) in [5, 5.41) is 4.08. The van der Waals surface area contributed by atoms with Crippen molar-refractivity contribution >= 4 is 29.5 Å². The van der Waals surface area contributed by atoms with E-state index >= 15 is 0 Å². The molecular formula is C25H23NO2S. The van der Waals surface area contributed by atoms with E-state index in [1.807, 2.05) is 48.5 Å². The quantitative estimate of drug-likeness (QED) is 0.242. The Balaban J connectivity index is 1.66. The molecule has 0 fully saturated rings. The lowest BCUT2D eigenvalue weighted by Gasteiger charge is -2.07. The van der Waals surface area contributed by atoms with Crippen molar-refractivity contribution in [2.75, 3.05) is 0 Å². The number of oxime groups is 1. The molecule has 0 radical (unpaired) electrons. The van der Waals surface area contributed by atoms with Gasteiger partial charge in [0.15, 0.2) is 0 Å². The minimum absolute atomic E-state index is 0.418. The fourth-order valence-corrected chi connectivity index (χ4v) is 3.54. The summed E-state index contributed by atoms with van der Waals surface area (Å²) in [6.07, 6.45) is 5.68. The van der Waals surface area contributed by atoms with Gasteiger partial charge in [0.25, 0.3) is 0 Å². The average molecular weight is 402 g/mol. The molecule has 29 heavy (non-hydrogen) atoms. The van der Waals surface area contributed by atoms with Gasteiger partial charge in [-0.25, -0.2) is 4.79 Å². The molecule has 3 nitrogen and oxygen atoms in total. The highest BCUT2D eigenvalue weighted by atomic mass is 32.2. The van der Waals surface area contributed by atoms with Gasteiger partial charge in [0.05, 0.1) is 5.71 Å². The summed E-state index contributed by atoms with van der Waals surface area (Å²) in [7, 11) is 0. The van der Waals surface area contributed by atoms with Gasteiger partial charge in [-0.15, -0.1) is 0 Å². The molecule has 3 aromatic rings. The summed E-state index contributed by atoms with van der Waals surface area (Å²) < 4.78 is 0. The minimum Gasteiger partial charge on any atom is -0.318 e. The molecule has 0 N–H and O–H groups in total. The van der Waals surface area contributed by atoms with Gasteiger partial charge in [0.1, 0.15) is 0 Å². The summed E-state index contributed by atoms with van der Waals surface area (Å²) >= 11 is 1.71. The summed E-state index contributed by atoms with van der Waals surface area (Å²) in [6.45, 7) is 1.36. The molecule has 3 rings (SSSR count). The van der Waals surface area contributed by atoms with Gasteiger partial charge in [-0.3, -0.25) is 0 Å². The minimum atomic E-state index is -0.418. The molecule has 0 saturated carbocycles. The van der Waals surface area contributed by atoms with E-state index in [0.717, 1.165) is 28.2 Å². The van der Waals surface area contributed by atoms with Gasteiger partial charge in [0.2, 0.25) is 0 Å². The van der Waals surface area contributed by atoms with Gasteiger partial charge >= 0.3 is 5.97 Å². The molecule has 0 saturated heterocycles. The van der Waals surface area contributed by atoms with Crippen LogP contribution in [0, 0.1) is 0 Å². The monoisotopic (exact) mass is 401 g/mol. The van der Waals surface area contributed by atoms with Crippen LogP contribution in [-0.4, -0.2) is 11.7 Å². The molecule has 0 heterocycles. The van der Waals surface area contributed by atoms with Gasteiger partial charge in [-0.05, 0) is 48.2 Å². The fourth-order valence-electron chi connectivity index (χ4n) is 2.71. The number of allylic oxidation sites excluding steroid dienone is 1. The molecule has 0 atom stereocenters. The normalized spacial score (nSPS) is 11.6. The maximum atomic E-state index is 11.2. The Hall–Kier alpha value is -3.11. The first-order chi connectivity index (χ1) is 14.2. The summed E-state index contributed by atoms with van der Waals surface area (Å²) in [5.74, 6) is -0.418. The van der Waals surface area contributed by atoms with E-state index in [4.69, 9.17) is 4.84 Å². The highest BCUT2D eigenvalue weighted by Gasteiger charge is 2.06. The van der Waals surface area contributed by atoms with E-state index in [-0.39, 0.29) is 0 Å². The first-order valence-electron chi connectivity index (χ1n) is 9.50. The largest absolute Gasteiger partial charge is 0.331 e. The number of hydrogen-bond acceptors (Lipinski definition) is 4. The first-order valence-corrected chi connectivity index (χ1v) is 10.3. The standard InChI is InChI=1S/C25H23NO2S/c1-20(27)28-26-25(15-9-8-12-21-10-4-2-5-11-21)22-16-18-24(19-17-22)29-23-13-6-3-7-14-23/h2-8,10-14,16-19H,9,15H2,1H3/b12-8+,26-25+. The molecule has 0 aliphatic carbocycles. The Kier molecular flexibility index (Phi) is 7.84. The van der Waals surface area contributed by atoms with Gasteiger partial charge in [0, 0.05) is 16.7 Å². The third kappa shape index (κ3) is 7.09. The highest BCUT2D eigenvalue weighted by molar-refractivity contribution is 7.99. The van der Waals surface area contributed by atoms with Crippen LogP contribution >= 0.6 is 11.8 Å². The van der Waals surface area contributed by atoms with E-state index in [2.05, 4.69) is 53.7 Å². The van der Waals surface area contributed by atoms with Crippen LogP contribution in [0.1, 0.15) is 30.9 Å². The van der Waals surface area contributed by atoms with Crippen molar-refractivity contribution in [1.29, 1.82) is 0 Å². The SMILES string of the molecule is CC(=O)O/N=C(\CC/C=C/c1ccccc1)c1ccc(Sc2ccccc2)cc1. The molecule has 0 aromatic heterocycles. The molecule has 0 aliphatic heterocycles. The average Bonchev–Trinajstić information content (AvgIpc) is 2.75. The Bertz CT molecular complexity index is 965. The lowest BCUT2D eigenvalue weighted by atomic mass is 10.1. The number of benzene rings is 3. The van der Waals surface area contributed by atoms with Gasteiger partial charge in [-0.2, -0.15) is 0 Å². The van der Waals surface area contributed by atoms with E-state index in [9.17, 15) is 4.79 Å². The summed E-state index contributed by atoms with van der Waals surface area (Å²) in [6, 6.07) is 28.6. The number of carbonyl (C=O) groups excluding carboxylic acids is 1. The van der Waals surface area contributed by atoms with Crippen LogP contribution in [0.2, 0.25) is 0 Å². The first kappa shape index (κ1) is 20.6. The third-order valence-electron chi connectivity index (χ3n) is 4.11. The lowest BCUT2D eigenvalue weighted by molar-refractivity contribution is -0.140. The van der Waals surface area contributed by atoms with Crippen molar-refractivity contribution < 1.29 is 9.63 Å². The maximum Gasteiger partial charge on any atom is 0.331 e. The Morgan fingerprint density at radius 1 is 0.897 bits per heavy atom. The van der Waals surface area contributed by atoms with Gasteiger partial charge < -0.3 is 4.84 Å². The van der Waals surface area contributed by atoms with E-state index in [1.165, 1.54) is 11.8 Å². The molecule has 0 amide bonds. The van der Waals surface area contributed by atoms with Crippen molar-refractivity contribution in [2.24, 2.45) is 5.16 Å². The predicted molar refractivity (Wildman–Crippen MR) is 120 cm³/mol. The van der Waals surface area contributed by atoms with Crippen LogP contribution in [0.4, 0.5) is 0 Å². The molecule has 0 unspecified atom stereocenters. The van der Waals surface area contributed by atoms with E-state index < -0.39 is 5.97 Å². The second kappa shape index (κ2) is 11.0. The predicted octanol–water partition coefficient (Wildman–Crippen LogP) is 6.60. The van der Waals surface area contributed by atoms with Crippen molar-refractivity contribution in [2.45, 2.75) is 29.6 Å². The Labute approximate surface area is 176 Å². The van der Waals surface area contributed by atoms with Crippen LogP contribution < -0.4 is 0 Å². The summed E-state index contributed by atoms with van der Waals surface area (Å²) in [4.78, 5) is 18.5. The number of rotatable bonds is 8. The van der Waals surface area contributed by atoms with Crippen molar-refractivity contribution in [3.63, 3.8) is 0 Å². The number of carbonyl (C=O) groups is 1. The van der Waals surface area contributed by atoms with Crippen molar-refractivity contribution in [1.82, 2.24) is 0 Å². The zero-order valence-electron chi connectivity index (χ0n) is 16.3. The molecule has 3 aromatic carbocycles. The topological polar surface area (TPSA) is 38.7 Å². The van der Waals surface area contributed by atoms with Gasteiger partial charge in [-0.1, -0.05) is 89.7 Å². The zero-order valence-corrected chi connectivity index (χ0v) is 17.1. The van der Waals surface area contributed by atoms with Crippen molar-refractivity contribution in [3.05, 3.63) is 102 Å². The van der Waals surface area contributed by atoms with Crippen LogP contribution in [0.15, 0.2) is 106 Å². The third-order valence-corrected chi connectivity index (χ3v) is 5.12. The second-order valence-corrected chi connectivity index (χ2v) is 7.56. The molecule has 146 valence electrons. The Morgan fingerprint density at radius 2 is 1.52 bits per heavy atom. The van der Waals surface area contributed by atoms with E-state index in [0.29, 0.717) is 6.42 Å². The molecular weight excluding hydrogens is 378 g/mol. The van der Waals surface area contributed by atoms with Crippen LogP contribution in [0.25, 0.3) is 6.08 Å². The van der Waals surface area contributed by atoms with Crippen molar-refractivity contribution in [3.8, 4) is 0 Å². The fraction of sp³-hybridized carbons (Fsp3) is 0.120. The summed E-state index contributed by atoms with van der Waals surface area (Å²) in [5.41, 5.74) is 2.87. The molecule has 0 aliphatic rings. The molecule has 0 bridgehead atoms. The second-order valence-electron chi connectivity index (χ2n) is 6.41. The van der Waals surface area contributed by atoms with Crippen LogP contribution in [0.5, 0.6) is 0 Å². The zero-order chi connectivity index (χ0) is 20.3. The Morgan fingerprint density at radius 3 is 2.17 bits per heavy atom. The smallest absolute Gasteiger partial charge is 0.318 e. The van der Waals surface area contributed by atoms with Crippen LogP contribution in [-0.2, 0) is 9.63 Å². The lowest BCUT2D eigenvalue weighted by Crippen LogP contribution is -2.04.